The fourth-order valence-electron chi connectivity index (χ4n) is 5.14. The first-order valence-electron chi connectivity index (χ1n) is 13.6. The zero-order valence-electron chi connectivity index (χ0n) is 23.8. The zero-order valence-corrected chi connectivity index (χ0v) is 27.1. The Morgan fingerprint density at radius 3 is 2.20 bits per heavy atom. The Morgan fingerprint density at radius 2 is 1.66 bits per heavy atom. The van der Waals surface area contributed by atoms with E-state index in [0.29, 0.717) is 41.1 Å². The Labute approximate surface area is 267 Å². The van der Waals surface area contributed by atoms with Gasteiger partial charge in [0.15, 0.2) is 0 Å². The summed E-state index contributed by atoms with van der Waals surface area (Å²) in [6.45, 7) is 4.21. The number of hydrogen-bond acceptors (Lipinski definition) is 5. The number of aromatic nitrogens is 1. The van der Waals surface area contributed by atoms with Gasteiger partial charge in [-0.2, -0.15) is 0 Å². The van der Waals surface area contributed by atoms with Crippen LogP contribution in [0.2, 0.25) is 10.0 Å². The van der Waals surface area contributed by atoms with Crippen LogP contribution in [0.5, 0.6) is 5.75 Å². The minimum Gasteiger partial charge on any atom is -0.403 e. The third kappa shape index (κ3) is 11.0. The monoisotopic (exact) mass is 692 g/mol. The van der Waals surface area contributed by atoms with Gasteiger partial charge in [-0.25, -0.2) is 9.13 Å². The molecule has 3 rings (SSSR count). The molecular weight excluding hydrogens is 653 g/mol. The van der Waals surface area contributed by atoms with Crippen LogP contribution < -0.4 is 10.3 Å². The van der Waals surface area contributed by atoms with E-state index >= 15 is 0 Å². The van der Waals surface area contributed by atoms with Crippen LogP contribution in [0.25, 0.3) is 11.1 Å². The highest BCUT2D eigenvalue weighted by molar-refractivity contribution is 7.46. The molecule has 1 amide bonds. The Kier molecular flexibility index (Phi) is 14.2. The van der Waals surface area contributed by atoms with Crippen LogP contribution >= 0.6 is 38.8 Å². The maximum atomic E-state index is 13.2. The van der Waals surface area contributed by atoms with Crippen molar-refractivity contribution in [2.45, 2.75) is 66.3 Å². The largest absolute Gasteiger partial charge is 0.524 e. The SMILES string of the molecule is C.CCC[C@@H](C)Cc1c(-c2ccc(OP(=O)(O)O)c(Cl)c2)c(C(N)=O)c(CCc2ccc(Cl)cc2)n1CCCOP(=O)(O)O. The lowest BCUT2D eigenvalue weighted by Gasteiger charge is -2.18. The Balaban J connectivity index is 0.00000675. The molecule has 3 aromatic rings. The third-order valence-corrected chi connectivity index (χ3v) is 8.34. The van der Waals surface area contributed by atoms with Gasteiger partial charge in [-0.3, -0.25) is 19.1 Å². The fourth-order valence-corrected chi connectivity index (χ4v) is 6.32. The third-order valence-electron chi connectivity index (χ3n) is 6.84. The number of nitrogens with zero attached hydrogens (tertiary/aromatic N) is 1. The van der Waals surface area contributed by atoms with Gasteiger partial charge in [0.05, 0.1) is 17.2 Å². The summed E-state index contributed by atoms with van der Waals surface area (Å²) in [4.78, 5) is 50.0. The van der Waals surface area contributed by atoms with Crippen LogP contribution in [0.15, 0.2) is 42.5 Å². The van der Waals surface area contributed by atoms with Crippen molar-refractivity contribution in [3.63, 3.8) is 0 Å². The molecule has 1 heterocycles. The average molecular weight is 693 g/mol. The van der Waals surface area contributed by atoms with Crippen LogP contribution in [0, 0.1) is 5.92 Å². The first-order chi connectivity index (χ1) is 20.1. The van der Waals surface area contributed by atoms with Crippen LogP contribution in [0.1, 0.15) is 67.8 Å². The van der Waals surface area contributed by atoms with Gasteiger partial charge in [0, 0.05) is 28.5 Å². The first-order valence-corrected chi connectivity index (χ1v) is 17.4. The van der Waals surface area contributed by atoms with Gasteiger partial charge in [0.2, 0.25) is 0 Å². The second-order valence-corrected chi connectivity index (χ2v) is 13.5. The second-order valence-electron chi connectivity index (χ2n) is 10.3. The molecule has 0 aliphatic heterocycles. The van der Waals surface area contributed by atoms with E-state index in [9.17, 15) is 23.7 Å². The molecule has 15 heteroatoms. The summed E-state index contributed by atoms with van der Waals surface area (Å²) >= 11 is 12.4. The number of hydrogen-bond donors (Lipinski definition) is 5. The number of phosphoric acid groups is 2. The summed E-state index contributed by atoms with van der Waals surface area (Å²) < 4.78 is 34.0. The van der Waals surface area contributed by atoms with Crippen molar-refractivity contribution >= 4 is 44.8 Å². The predicted octanol–water partition coefficient (Wildman–Crippen LogP) is 6.93. The summed E-state index contributed by atoms with van der Waals surface area (Å²) in [7, 11) is -9.54. The number of carbonyl (C=O) groups is 1. The van der Waals surface area contributed by atoms with E-state index in [1.807, 2.05) is 16.7 Å². The van der Waals surface area contributed by atoms with Crippen molar-refractivity contribution < 1.29 is 42.5 Å². The maximum absolute atomic E-state index is 13.2. The number of rotatable bonds is 16. The zero-order chi connectivity index (χ0) is 31.9. The van der Waals surface area contributed by atoms with Crippen LogP contribution in [0.3, 0.4) is 0 Å². The van der Waals surface area contributed by atoms with E-state index in [1.165, 1.54) is 12.1 Å². The number of phosphoric ester groups is 2. The van der Waals surface area contributed by atoms with Crippen molar-refractivity contribution in [3.05, 3.63) is 75.0 Å². The molecule has 0 unspecified atom stereocenters. The maximum Gasteiger partial charge on any atom is 0.524 e. The fraction of sp³-hybridized carbons (Fsp3) is 0.414. The number of amides is 1. The lowest BCUT2D eigenvalue weighted by molar-refractivity contribution is 0.0999. The number of carbonyl (C=O) groups excluding carboxylic acids is 1. The Morgan fingerprint density at radius 1 is 1.00 bits per heavy atom. The lowest BCUT2D eigenvalue weighted by atomic mass is 9.93. The number of halogens is 2. The number of nitrogens with two attached hydrogens (primary N) is 1. The second kappa shape index (κ2) is 16.4. The molecule has 2 aromatic carbocycles. The van der Waals surface area contributed by atoms with Crippen LogP contribution in [0.4, 0.5) is 0 Å². The van der Waals surface area contributed by atoms with Crippen molar-refractivity contribution in [2.24, 2.45) is 11.7 Å². The molecule has 0 bridgehead atoms. The topological polar surface area (TPSA) is 182 Å². The van der Waals surface area contributed by atoms with Gasteiger partial charge < -0.3 is 24.6 Å². The predicted molar refractivity (Wildman–Crippen MR) is 172 cm³/mol. The summed E-state index contributed by atoms with van der Waals surface area (Å²) in [6, 6.07) is 11.7. The Bertz CT molecular complexity index is 1520. The molecule has 1 aromatic heterocycles. The minimum absolute atomic E-state index is 0. The van der Waals surface area contributed by atoms with Crippen molar-refractivity contribution in [2.75, 3.05) is 6.61 Å². The molecule has 6 N–H and O–H groups in total. The van der Waals surface area contributed by atoms with E-state index in [2.05, 4.69) is 18.4 Å². The summed E-state index contributed by atoms with van der Waals surface area (Å²) in [5.74, 6) is -0.707. The van der Waals surface area contributed by atoms with Crippen LogP contribution in [-0.4, -0.2) is 36.7 Å². The molecule has 44 heavy (non-hydrogen) atoms. The highest BCUT2D eigenvalue weighted by Gasteiger charge is 2.29. The molecule has 1 atom stereocenters. The molecule has 0 radical (unpaired) electrons. The average Bonchev–Trinajstić information content (AvgIpc) is 3.19. The first kappa shape index (κ1) is 38.0. The highest BCUT2D eigenvalue weighted by Crippen LogP contribution is 2.44. The van der Waals surface area contributed by atoms with E-state index in [0.717, 1.165) is 24.1 Å². The number of primary amides is 1. The van der Waals surface area contributed by atoms with Crippen molar-refractivity contribution in [1.29, 1.82) is 0 Å². The summed E-state index contributed by atoms with van der Waals surface area (Å²) in [6.07, 6.45) is 3.55. The lowest BCUT2D eigenvalue weighted by Crippen LogP contribution is -2.16. The normalized spacial score (nSPS) is 12.5. The van der Waals surface area contributed by atoms with Crippen molar-refractivity contribution in [3.8, 4) is 16.9 Å². The molecule has 0 spiro atoms. The van der Waals surface area contributed by atoms with Gasteiger partial charge >= 0.3 is 15.6 Å². The molecule has 0 saturated heterocycles. The Hall–Kier alpha value is -2.17. The smallest absolute Gasteiger partial charge is 0.403 e. The van der Waals surface area contributed by atoms with Gasteiger partial charge in [-0.1, -0.05) is 75.5 Å². The number of aryl methyl sites for hydroxylation is 1. The summed E-state index contributed by atoms with van der Waals surface area (Å²) in [5.41, 5.74) is 9.70. The molecule has 0 saturated carbocycles. The number of benzene rings is 2. The minimum atomic E-state index is -4.87. The van der Waals surface area contributed by atoms with E-state index in [-0.39, 0.29) is 49.3 Å². The van der Waals surface area contributed by atoms with E-state index in [4.69, 9.17) is 43.2 Å². The summed E-state index contributed by atoms with van der Waals surface area (Å²) in [5, 5.41) is 0.516. The standard InChI is InChI=1S/C28H36Cl2N2O9P2.CH4/c1-3-5-18(2)16-24-26(20-9-13-25(22(30)17-20)41-43(37,38)39)27(28(31)33)23(12-8-19-6-10-21(29)11-7-19)32(24)14-4-15-40-42(34,35)36;/h6-7,9-11,13,17-18H,3-5,8,12,14-16H2,1-2H3,(H2,31,33)(H2,34,35,36)(H2,37,38,39);1H4/t18-;/m1./s1. The molecule has 0 aliphatic carbocycles. The molecule has 11 nitrogen and oxygen atoms in total. The quantitative estimate of drug-likeness (QED) is 0.0785. The molecule has 0 aliphatic rings. The van der Waals surface area contributed by atoms with Gasteiger partial charge in [-0.15, -0.1) is 0 Å². The van der Waals surface area contributed by atoms with E-state index < -0.39 is 21.6 Å². The van der Waals surface area contributed by atoms with Gasteiger partial charge in [0.1, 0.15) is 5.75 Å². The van der Waals surface area contributed by atoms with Crippen LogP contribution in [-0.2, 0) is 39.5 Å². The van der Waals surface area contributed by atoms with Crippen molar-refractivity contribution in [1.82, 2.24) is 4.57 Å². The van der Waals surface area contributed by atoms with Gasteiger partial charge in [0.25, 0.3) is 5.91 Å². The van der Waals surface area contributed by atoms with E-state index in [1.54, 1.807) is 18.2 Å². The molecule has 0 fully saturated rings. The van der Waals surface area contributed by atoms with Gasteiger partial charge in [-0.05, 0) is 67.0 Å². The highest BCUT2D eigenvalue weighted by atomic mass is 35.5. The molecule has 244 valence electrons. The molecular formula is C29H40Cl2N2O9P2.